The number of furan rings is 1. The normalized spacial score (nSPS) is 17.6. The van der Waals surface area contributed by atoms with Gasteiger partial charge in [0.1, 0.15) is 29.8 Å². The Hall–Kier alpha value is -3.10. The number of amides is 1. The van der Waals surface area contributed by atoms with Crippen molar-refractivity contribution in [2.24, 2.45) is 0 Å². The number of aliphatic hydroxyl groups excluding tert-OH is 1. The molecule has 1 amide bonds. The molecule has 0 spiro atoms. The first-order chi connectivity index (χ1) is 16.1. The number of hydrogen-bond acceptors (Lipinski definition) is 7. The molecule has 0 unspecified atom stereocenters. The predicted molar refractivity (Wildman–Crippen MR) is 121 cm³/mol. The highest BCUT2D eigenvalue weighted by Gasteiger charge is 2.35. The van der Waals surface area contributed by atoms with Crippen LogP contribution in [0, 0.1) is 6.92 Å². The predicted octanol–water partition coefficient (Wildman–Crippen LogP) is 3.53. The number of pyridine rings is 1. The van der Waals surface area contributed by atoms with Crippen molar-refractivity contribution in [2.45, 2.75) is 50.9 Å². The maximum atomic E-state index is 13.2. The molecule has 1 aliphatic carbocycles. The Balaban J connectivity index is 1.36. The molecule has 33 heavy (non-hydrogen) atoms. The molecule has 3 aromatic rings. The van der Waals surface area contributed by atoms with Gasteiger partial charge in [0.2, 0.25) is 5.88 Å². The van der Waals surface area contributed by atoms with Crippen LogP contribution in [0.15, 0.2) is 40.9 Å². The third-order valence-electron chi connectivity index (χ3n) is 6.24. The number of nitrogens with one attached hydrogen (secondary N) is 1. The molecule has 2 N–H and O–H groups in total. The van der Waals surface area contributed by atoms with Gasteiger partial charge in [-0.05, 0) is 62.9 Å². The van der Waals surface area contributed by atoms with Crippen LogP contribution in [0.2, 0.25) is 0 Å². The van der Waals surface area contributed by atoms with Crippen LogP contribution in [-0.4, -0.2) is 47.5 Å². The largest absolute Gasteiger partial charge is 0.489 e. The molecule has 1 saturated heterocycles. The summed E-state index contributed by atoms with van der Waals surface area (Å²) in [5.74, 6) is 1.46. The zero-order valence-corrected chi connectivity index (χ0v) is 18.6. The van der Waals surface area contributed by atoms with Crippen molar-refractivity contribution in [3.8, 4) is 11.6 Å². The van der Waals surface area contributed by atoms with Crippen LogP contribution < -0.4 is 14.8 Å². The molecule has 8 heteroatoms. The Morgan fingerprint density at radius 3 is 2.85 bits per heavy atom. The Labute approximate surface area is 191 Å². The summed E-state index contributed by atoms with van der Waals surface area (Å²) in [6, 6.07) is 9.23. The smallest absolute Gasteiger partial charge is 0.255 e. The van der Waals surface area contributed by atoms with Crippen LogP contribution >= 0.6 is 0 Å². The van der Waals surface area contributed by atoms with Gasteiger partial charge in [-0.1, -0.05) is 0 Å². The molecule has 174 valence electrons. The molecule has 0 radical (unpaired) electrons. The third-order valence-corrected chi connectivity index (χ3v) is 6.24. The number of carbonyl (C=O) groups excluding carboxylic acids is 1. The van der Waals surface area contributed by atoms with Crippen LogP contribution in [0.25, 0.3) is 11.0 Å². The van der Waals surface area contributed by atoms with Gasteiger partial charge in [0, 0.05) is 24.8 Å². The maximum absolute atomic E-state index is 13.2. The second kappa shape index (κ2) is 9.03. The van der Waals surface area contributed by atoms with Crippen LogP contribution in [0.3, 0.4) is 0 Å². The minimum absolute atomic E-state index is 0.137. The summed E-state index contributed by atoms with van der Waals surface area (Å²) in [6.45, 7) is 2.94. The van der Waals surface area contributed by atoms with E-state index < -0.39 is 5.54 Å². The topological polar surface area (TPSA) is 103 Å². The summed E-state index contributed by atoms with van der Waals surface area (Å²) in [7, 11) is 0. The molecular weight excluding hydrogens is 424 g/mol. The number of carbonyl (C=O) groups is 1. The average molecular weight is 453 g/mol. The fraction of sp³-hybridized carbons (Fsp3) is 0.440. The molecule has 2 aromatic heterocycles. The molecule has 3 heterocycles. The van der Waals surface area contributed by atoms with E-state index in [2.05, 4.69) is 10.3 Å². The van der Waals surface area contributed by atoms with Crippen LogP contribution in [0.4, 0.5) is 0 Å². The van der Waals surface area contributed by atoms with Gasteiger partial charge in [0.05, 0.1) is 23.3 Å². The summed E-state index contributed by atoms with van der Waals surface area (Å²) in [6.07, 6.45) is 5.21. The van der Waals surface area contributed by atoms with Crippen molar-refractivity contribution in [1.82, 2.24) is 10.3 Å². The van der Waals surface area contributed by atoms with Gasteiger partial charge in [-0.2, -0.15) is 0 Å². The highest BCUT2D eigenvalue weighted by atomic mass is 16.5. The number of benzene rings is 1. The van der Waals surface area contributed by atoms with Crippen molar-refractivity contribution < 1.29 is 28.5 Å². The fourth-order valence-corrected chi connectivity index (χ4v) is 4.10. The van der Waals surface area contributed by atoms with E-state index in [1.54, 1.807) is 19.2 Å². The number of ether oxygens (including phenoxy) is 3. The first-order valence-corrected chi connectivity index (χ1v) is 11.3. The Morgan fingerprint density at radius 1 is 1.27 bits per heavy atom. The molecule has 1 aliphatic heterocycles. The van der Waals surface area contributed by atoms with E-state index in [1.165, 1.54) is 0 Å². The van der Waals surface area contributed by atoms with E-state index >= 15 is 0 Å². The summed E-state index contributed by atoms with van der Waals surface area (Å²) >= 11 is 0. The summed E-state index contributed by atoms with van der Waals surface area (Å²) in [4.78, 5) is 17.6. The van der Waals surface area contributed by atoms with Crippen molar-refractivity contribution in [3.63, 3.8) is 0 Å². The first kappa shape index (κ1) is 21.7. The SMILES string of the molecule is Cc1oc2ccc(OCc3cccnc3OC3CC3)cc2c1C(=O)NC1(CO)CCOCC1. The van der Waals surface area contributed by atoms with Crippen LogP contribution in [0.5, 0.6) is 11.6 Å². The van der Waals surface area contributed by atoms with E-state index in [0.29, 0.717) is 66.6 Å². The molecule has 5 rings (SSSR count). The number of rotatable bonds is 8. The lowest BCUT2D eigenvalue weighted by atomic mass is 9.90. The number of aromatic nitrogens is 1. The minimum atomic E-state index is -0.683. The second-order valence-corrected chi connectivity index (χ2v) is 8.77. The molecule has 1 aromatic carbocycles. The van der Waals surface area contributed by atoms with Crippen LogP contribution in [-0.2, 0) is 11.3 Å². The van der Waals surface area contributed by atoms with Gasteiger partial charge >= 0.3 is 0 Å². The molecule has 8 nitrogen and oxygen atoms in total. The number of aliphatic hydroxyl groups is 1. The highest BCUT2D eigenvalue weighted by Crippen LogP contribution is 2.32. The van der Waals surface area contributed by atoms with Gasteiger partial charge in [0.25, 0.3) is 5.91 Å². The molecular formula is C25H28N2O6. The first-order valence-electron chi connectivity index (χ1n) is 11.3. The lowest BCUT2D eigenvalue weighted by molar-refractivity contribution is 0.0125. The zero-order chi connectivity index (χ0) is 22.8. The standard InChI is InChI=1S/C25H28N2O6/c1-16-22(23(29)27-25(15-28)8-11-30-12-9-25)20-13-19(6-7-21(20)32-16)31-14-17-3-2-10-26-24(17)33-18-4-5-18/h2-3,6-7,10,13,18,28H,4-5,8-9,11-12,14-15H2,1H3,(H,27,29). The fourth-order valence-electron chi connectivity index (χ4n) is 4.10. The van der Waals surface area contributed by atoms with Crippen LogP contribution in [0.1, 0.15) is 47.4 Å². The van der Waals surface area contributed by atoms with E-state index in [1.807, 2.05) is 24.3 Å². The number of aryl methyl sites for hydroxylation is 1. The van der Waals surface area contributed by atoms with E-state index in [-0.39, 0.29) is 18.6 Å². The van der Waals surface area contributed by atoms with Crippen molar-refractivity contribution in [3.05, 3.63) is 53.4 Å². The second-order valence-electron chi connectivity index (χ2n) is 8.77. The summed E-state index contributed by atoms with van der Waals surface area (Å²) in [5, 5.41) is 13.6. The minimum Gasteiger partial charge on any atom is -0.489 e. The number of hydrogen-bond donors (Lipinski definition) is 2. The quantitative estimate of drug-likeness (QED) is 0.539. The lowest BCUT2D eigenvalue weighted by Crippen LogP contribution is -2.54. The van der Waals surface area contributed by atoms with Gasteiger partial charge in [-0.3, -0.25) is 4.79 Å². The number of nitrogens with zero attached hydrogens (tertiary/aromatic N) is 1. The monoisotopic (exact) mass is 452 g/mol. The summed E-state index contributed by atoms with van der Waals surface area (Å²) < 4.78 is 23.1. The van der Waals surface area contributed by atoms with Gasteiger partial charge in [-0.15, -0.1) is 0 Å². The van der Waals surface area contributed by atoms with E-state index in [0.717, 1.165) is 18.4 Å². The third kappa shape index (κ3) is 4.67. The van der Waals surface area contributed by atoms with Crippen molar-refractivity contribution in [2.75, 3.05) is 19.8 Å². The van der Waals surface area contributed by atoms with Gasteiger partial charge in [-0.25, -0.2) is 4.98 Å². The Kier molecular flexibility index (Phi) is 5.95. The lowest BCUT2D eigenvalue weighted by Gasteiger charge is -2.36. The molecule has 0 bridgehead atoms. The highest BCUT2D eigenvalue weighted by molar-refractivity contribution is 6.07. The zero-order valence-electron chi connectivity index (χ0n) is 18.6. The average Bonchev–Trinajstić information content (AvgIpc) is 3.58. The van der Waals surface area contributed by atoms with E-state index in [9.17, 15) is 9.90 Å². The molecule has 0 atom stereocenters. The van der Waals surface area contributed by atoms with E-state index in [4.69, 9.17) is 18.6 Å². The maximum Gasteiger partial charge on any atom is 0.255 e. The van der Waals surface area contributed by atoms with Gasteiger partial charge in [0.15, 0.2) is 0 Å². The number of fused-ring (bicyclic) bond motifs is 1. The Bertz CT molecular complexity index is 1150. The Morgan fingerprint density at radius 2 is 2.09 bits per heavy atom. The summed E-state index contributed by atoms with van der Waals surface area (Å²) in [5.41, 5.74) is 1.25. The van der Waals surface area contributed by atoms with Crippen molar-refractivity contribution >= 4 is 16.9 Å². The molecule has 2 fully saturated rings. The van der Waals surface area contributed by atoms with Gasteiger partial charge < -0.3 is 29.1 Å². The van der Waals surface area contributed by atoms with Crippen molar-refractivity contribution in [1.29, 1.82) is 0 Å². The molecule has 2 aliphatic rings. The molecule has 1 saturated carbocycles.